The Morgan fingerprint density at radius 1 is 1.40 bits per heavy atom. The molecule has 0 amide bonds. The maximum absolute atomic E-state index is 13.7. The van der Waals surface area contributed by atoms with Crippen LogP contribution in [0.4, 0.5) is 4.39 Å². The number of hydrogen-bond donors (Lipinski definition) is 3. The van der Waals surface area contributed by atoms with Crippen LogP contribution >= 0.6 is 46.9 Å². The van der Waals surface area contributed by atoms with Gasteiger partial charge in [-0.25, -0.2) is 4.39 Å². The lowest BCUT2D eigenvalue weighted by Crippen LogP contribution is -2.39. The van der Waals surface area contributed by atoms with E-state index in [1.165, 1.54) is 29.5 Å². The summed E-state index contributed by atoms with van der Waals surface area (Å²) in [7, 11) is 1.58. The minimum Gasteiger partial charge on any atom is -0.386 e. The largest absolute Gasteiger partial charge is 0.386 e. The molecule has 2 rings (SSSR count). The summed E-state index contributed by atoms with van der Waals surface area (Å²) in [4.78, 5) is 4.77. The molecule has 1 heterocycles. The third-order valence-electron chi connectivity index (χ3n) is 3.23. The smallest absolute Gasteiger partial charge is 0.191 e. The van der Waals surface area contributed by atoms with Crippen molar-refractivity contribution in [2.24, 2.45) is 4.99 Å². The summed E-state index contributed by atoms with van der Waals surface area (Å²) in [6, 6.07) is 9.63. The van der Waals surface area contributed by atoms with Crippen molar-refractivity contribution in [1.29, 1.82) is 5.26 Å². The Labute approximate surface area is 171 Å². The van der Waals surface area contributed by atoms with Gasteiger partial charge in [0, 0.05) is 30.6 Å². The molecule has 25 heavy (non-hydrogen) atoms. The van der Waals surface area contributed by atoms with E-state index in [4.69, 9.17) is 16.9 Å². The molecule has 1 atom stereocenters. The maximum atomic E-state index is 13.7. The molecule has 3 N–H and O–H groups in total. The van der Waals surface area contributed by atoms with Crippen molar-refractivity contribution in [2.45, 2.75) is 12.6 Å². The van der Waals surface area contributed by atoms with Crippen LogP contribution in [0.5, 0.6) is 0 Å². The van der Waals surface area contributed by atoms with Crippen LogP contribution in [0.3, 0.4) is 0 Å². The number of halogens is 3. The topological polar surface area (TPSA) is 80.4 Å². The molecule has 0 spiro atoms. The first-order chi connectivity index (χ1) is 11.5. The van der Waals surface area contributed by atoms with Crippen molar-refractivity contribution in [3.05, 3.63) is 56.5 Å². The standard InChI is InChI=1S/C16H16ClFN4OS.HI/c1-20-16(22-9-13(23)14-4-5-15(17)24-14)21-8-11-6-10(7-19)2-3-12(11)18;/h2-6,13,23H,8-9H2,1H3,(H2,20,21,22);1H. The summed E-state index contributed by atoms with van der Waals surface area (Å²) < 4.78 is 14.3. The Kier molecular flexibility index (Phi) is 9.13. The van der Waals surface area contributed by atoms with Gasteiger partial charge in [-0.05, 0) is 30.3 Å². The molecule has 0 aliphatic carbocycles. The summed E-state index contributed by atoms with van der Waals surface area (Å²) in [5.74, 6) is 0.0173. The zero-order valence-corrected chi connectivity index (χ0v) is 17.2. The van der Waals surface area contributed by atoms with Crippen molar-refractivity contribution < 1.29 is 9.50 Å². The zero-order valence-electron chi connectivity index (χ0n) is 13.3. The lowest BCUT2D eigenvalue weighted by atomic mass is 10.1. The van der Waals surface area contributed by atoms with E-state index in [1.54, 1.807) is 19.2 Å². The molecule has 0 aliphatic rings. The highest BCUT2D eigenvalue weighted by molar-refractivity contribution is 14.0. The van der Waals surface area contributed by atoms with Crippen LogP contribution in [-0.4, -0.2) is 24.7 Å². The van der Waals surface area contributed by atoms with Crippen LogP contribution in [0.25, 0.3) is 0 Å². The number of benzene rings is 1. The zero-order chi connectivity index (χ0) is 17.5. The normalized spacial score (nSPS) is 12.0. The number of nitrogens with one attached hydrogen (secondary N) is 2. The fourth-order valence-electron chi connectivity index (χ4n) is 1.98. The molecule has 0 saturated heterocycles. The number of hydrogen-bond acceptors (Lipinski definition) is 4. The van der Waals surface area contributed by atoms with Crippen molar-refractivity contribution in [1.82, 2.24) is 10.6 Å². The predicted molar refractivity (Wildman–Crippen MR) is 109 cm³/mol. The lowest BCUT2D eigenvalue weighted by molar-refractivity contribution is 0.184. The lowest BCUT2D eigenvalue weighted by Gasteiger charge is -2.15. The number of aliphatic hydroxyl groups excluding tert-OH is 1. The molecule has 0 radical (unpaired) electrons. The molecule has 9 heteroatoms. The van der Waals surface area contributed by atoms with Gasteiger partial charge in [0.25, 0.3) is 0 Å². The van der Waals surface area contributed by atoms with E-state index in [2.05, 4.69) is 15.6 Å². The predicted octanol–water partition coefficient (Wildman–Crippen LogP) is 3.43. The highest BCUT2D eigenvalue weighted by atomic mass is 127. The summed E-state index contributed by atoms with van der Waals surface area (Å²) in [6.07, 6.45) is -0.722. The summed E-state index contributed by atoms with van der Waals surface area (Å²) in [6.45, 7) is 0.402. The van der Waals surface area contributed by atoms with Gasteiger partial charge < -0.3 is 15.7 Å². The summed E-state index contributed by atoms with van der Waals surface area (Å²) in [5, 5.41) is 24.9. The fraction of sp³-hybridized carbons (Fsp3) is 0.250. The molecule has 2 aromatic rings. The minimum absolute atomic E-state index is 0. The van der Waals surface area contributed by atoms with Crippen LogP contribution in [0, 0.1) is 17.1 Å². The molecular formula is C16H17ClFIN4OS. The van der Waals surface area contributed by atoms with E-state index >= 15 is 0 Å². The Hall–Kier alpha value is -1.41. The number of aliphatic imine (C=N–C) groups is 1. The first-order valence-electron chi connectivity index (χ1n) is 7.10. The van der Waals surface area contributed by atoms with Crippen molar-refractivity contribution in [3.8, 4) is 6.07 Å². The first kappa shape index (κ1) is 21.6. The highest BCUT2D eigenvalue weighted by Gasteiger charge is 2.11. The highest BCUT2D eigenvalue weighted by Crippen LogP contribution is 2.26. The molecule has 1 aromatic heterocycles. The van der Waals surface area contributed by atoms with E-state index in [-0.39, 0.29) is 37.1 Å². The SMILES string of the molecule is CN=C(NCc1cc(C#N)ccc1F)NCC(O)c1ccc(Cl)s1.I. The number of aliphatic hydroxyl groups is 1. The van der Waals surface area contributed by atoms with Gasteiger partial charge in [-0.15, -0.1) is 35.3 Å². The van der Waals surface area contributed by atoms with Gasteiger partial charge in [-0.2, -0.15) is 5.26 Å². The molecule has 1 aromatic carbocycles. The summed E-state index contributed by atoms with van der Waals surface area (Å²) in [5.41, 5.74) is 0.753. The van der Waals surface area contributed by atoms with Gasteiger partial charge in [0.2, 0.25) is 0 Å². The van der Waals surface area contributed by atoms with Crippen LogP contribution in [0.2, 0.25) is 4.34 Å². The fourth-order valence-corrected chi connectivity index (χ4v) is 3.03. The van der Waals surface area contributed by atoms with Gasteiger partial charge >= 0.3 is 0 Å². The maximum Gasteiger partial charge on any atom is 0.191 e. The molecule has 0 fully saturated rings. The molecular weight excluding hydrogens is 478 g/mol. The number of guanidine groups is 1. The number of nitriles is 1. The van der Waals surface area contributed by atoms with E-state index in [1.807, 2.05) is 6.07 Å². The van der Waals surface area contributed by atoms with Crippen LogP contribution < -0.4 is 10.6 Å². The van der Waals surface area contributed by atoms with E-state index < -0.39 is 11.9 Å². The van der Waals surface area contributed by atoms with Crippen molar-refractivity contribution in [3.63, 3.8) is 0 Å². The summed E-state index contributed by atoms with van der Waals surface area (Å²) >= 11 is 7.15. The molecule has 134 valence electrons. The second kappa shape index (κ2) is 10.6. The van der Waals surface area contributed by atoms with Crippen molar-refractivity contribution >= 4 is 52.9 Å². The molecule has 0 bridgehead atoms. The third-order valence-corrected chi connectivity index (χ3v) is 4.56. The Morgan fingerprint density at radius 3 is 2.76 bits per heavy atom. The monoisotopic (exact) mass is 494 g/mol. The number of nitrogens with zero attached hydrogens (tertiary/aromatic N) is 2. The average molecular weight is 495 g/mol. The third kappa shape index (κ3) is 6.43. The quantitative estimate of drug-likeness (QED) is 0.338. The van der Waals surface area contributed by atoms with Gasteiger partial charge in [0.15, 0.2) is 5.96 Å². The number of rotatable bonds is 5. The minimum atomic E-state index is -0.722. The Bertz CT molecular complexity index is 778. The van der Waals surface area contributed by atoms with Crippen LogP contribution in [0.1, 0.15) is 22.1 Å². The van der Waals surface area contributed by atoms with E-state index in [9.17, 15) is 9.50 Å². The van der Waals surface area contributed by atoms with E-state index in [0.29, 0.717) is 21.4 Å². The van der Waals surface area contributed by atoms with Gasteiger partial charge in [-0.3, -0.25) is 4.99 Å². The molecule has 0 aliphatic heterocycles. The van der Waals surface area contributed by atoms with Crippen LogP contribution in [0.15, 0.2) is 35.3 Å². The molecule has 1 unspecified atom stereocenters. The second-order valence-electron chi connectivity index (χ2n) is 4.88. The van der Waals surface area contributed by atoms with Crippen molar-refractivity contribution in [2.75, 3.05) is 13.6 Å². The van der Waals surface area contributed by atoms with Gasteiger partial charge in [0.05, 0.1) is 16.0 Å². The molecule has 5 nitrogen and oxygen atoms in total. The average Bonchev–Trinajstić information content (AvgIpc) is 3.02. The number of thiophene rings is 1. The first-order valence-corrected chi connectivity index (χ1v) is 8.29. The van der Waals surface area contributed by atoms with Gasteiger partial charge in [-0.1, -0.05) is 11.6 Å². The Balaban J connectivity index is 0.00000312. The molecule has 0 saturated carbocycles. The van der Waals surface area contributed by atoms with Gasteiger partial charge in [0.1, 0.15) is 11.9 Å². The van der Waals surface area contributed by atoms with E-state index in [0.717, 1.165) is 4.88 Å². The second-order valence-corrected chi connectivity index (χ2v) is 6.63. The Morgan fingerprint density at radius 2 is 2.16 bits per heavy atom. The van der Waals surface area contributed by atoms with Crippen LogP contribution in [-0.2, 0) is 6.54 Å².